The molecule has 3 aromatic rings. The molecule has 0 saturated carbocycles. The molecule has 1 aliphatic rings. The average Bonchev–Trinajstić information content (AvgIpc) is 3.09. The molecule has 1 fully saturated rings. The summed E-state index contributed by atoms with van der Waals surface area (Å²) in [6.07, 6.45) is 2.29. The summed E-state index contributed by atoms with van der Waals surface area (Å²) >= 11 is 0. The quantitative estimate of drug-likeness (QED) is 0.616. The highest BCUT2D eigenvalue weighted by Crippen LogP contribution is 2.31. The van der Waals surface area contributed by atoms with Gasteiger partial charge in [0.05, 0.1) is 16.9 Å². The van der Waals surface area contributed by atoms with Crippen molar-refractivity contribution < 1.29 is 9.13 Å². The van der Waals surface area contributed by atoms with Gasteiger partial charge in [0.25, 0.3) is 0 Å². The van der Waals surface area contributed by atoms with Gasteiger partial charge in [-0.2, -0.15) is 5.10 Å². The van der Waals surface area contributed by atoms with Gasteiger partial charge in [-0.05, 0) is 75.8 Å². The number of piperidine rings is 1. The van der Waals surface area contributed by atoms with E-state index in [0.29, 0.717) is 24.2 Å². The molecule has 1 aromatic heterocycles. The number of nitrogens with one attached hydrogen (secondary N) is 1. The largest absolute Gasteiger partial charge is 0.439 e. The Morgan fingerprint density at radius 3 is 2.43 bits per heavy atom. The Balaban J connectivity index is 1.58. The summed E-state index contributed by atoms with van der Waals surface area (Å²) < 4.78 is 21.4. The zero-order chi connectivity index (χ0) is 20.9. The first-order valence-electron chi connectivity index (χ1n) is 10.7. The summed E-state index contributed by atoms with van der Waals surface area (Å²) in [5, 5.41) is 8.46. The van der Waals surface area contributed by atoms with Crippen LogP contribution in [-0.2, 0) is 6.54 Å². The van der Waals surface area contributed by atoms with Gasteiger partial charge >= 0.3 is 0 Å². The fourth-order valence-electron chi connectivity index (χ4n) is 3.90. The van der Waals surface area contributed by atoms with Gasteiger partial charge in [0.15, 0.2) is 0 Å². The third kappa shape index (κ3) is 4.71. The van der Waals surface area contributed by atoms with Crippen molar-refractivity contribution in [3.8, 4) is 17.3 Å². The number of hydrogen-bond donors (Lipinski definition) is 1. The van der Waals surface area contributed by atoms with E-state index in [9.17, 15) is 4.39 Å². The Labute approximate surface area is 177 Å². The molecule has 1 aliphatic heterocycles. The maximum atomic E-state index is 13.3. The number of likely N-dealkylation sites (tertiary alicyclic amines) is 1. The van der Waals surface area contributed by atoms with Crippen LogP contribution >= 0.6 is 0 Å². The molecule has 5 nitrogen and oxygen atoms in total. The Morgan fingerprint density at radius 2 is 1.77 bits per heavy atom. The molecule has 6 heteroatoms. The summed E-state index contributed by atoms with van der Waals surface area (Å²) in [5.41, 5.74) is 2.88. The fourth-order valence-corrected chi connectivity index (χ4v) is 3.90. The van der Waals surface area contributed by atoms with E-state index in [2.05, 4.69) is 17.1 Å². The lowest BCUT2D eigenvalue weighted by molar-refractivity contribution is 0.205. The fraction of sp³-hybridized carbons (Fsp3) is 0.375. The van der Waals surface area contributed by atoms with Crippen LogP contribution < -0.4 is 10.1 Å². The summed E-state index contributed by atoms with van der Waals surface area (Å²) in [6.45, 7) is 8.30. The molecule has 0 atom stereocenters. The zero-order valence-corrected chi connectivity index (χ0v) is 17.6. The summed E-state index contributed by atoms with van der Waals surface area (Å²) in [7, 11) is 0. The maximum Gasteiger partial charge on any atom is 0.227 e. The predicted molar refractivity (Wildman–Crippen MR) is 117 cm³/mol. The van der Waals surface area contributed by atoms with E-state index in [-0.39, 0.29) is 5.82 Å². The second-order valence-electron chi connectivity index (χ2n) is 7.76. The first-order valence-corrected chi connectivity index (χ1v) is 10.7. The molecular weight excluding hydrogens is 379 g/mol. The van der Waals surface area contributed by atoms with E-state index in [1.54, 1.807) is 12.1 Å². The number of aromatic nitrogens is 2. The monoisotopic (exact) mass is 408 g/mol. The third-order valence-corrected chi connectivity index (χ3v) is 5.77. The van der Waals surface area contributed by atoms with Gasteiger partial charge in [-0.3, -0.25) is 0 Å². The number of halogens is 1. The van der Waals surface area contributed by atoms with Gasteiger partial charge < -0.3 is 15.0 Å². The van der Waals surface area contributed by atoms with Gasteiger partial charge in [-0.15, -0.1) is 0 Å². The number of benzene rings is 2. The van der Waals surface area contributed by atoms with Crippen molar-refractivity contribution in [1.82, 2.24) is 20.0 Å². The maximum absolute atomic E-state index is 13.3. The predicted octanol–water partition coefficient (Wildman–Crippen LogP) is 4.69. The number of aryl methyl sites for hydroxylation is 1. The van der Waals surface area contributed by atoms with Crippen LogP contribution in [0.3, 0.4) is 0 Å². The number of nitrogens with zero attached hydrogens (tertiary/aromatic N) is 3. The van der Waals surface area contributed by atoms with Gasteiger partial charge in [0, 0.05) is 12.6 Å². The molecule has 0 unspecified atom stereocenters. The zero-order valence-electron chi connectivity index (χ0n) is 17.6. The van der Waals surface area contributed by atoms with Crippen molar-refractivity contribution in [1.29, 1.82) is 0 Å². The number of rotatable bonds is 7. The molecule has 30 heavy (non-hydrogen) atoms. The summed E-state index contributed by atoms with van der Waals surface area (Å²) in [5.74, 6) is 0.977. The highest BCUT2D eigenvalue weighted by Gasteiger charge is 2.22. The second kappa shape index (κ2) is 9.41. The molecule has 0 bridgehead atoms. The Kier molecular flexibility index (Phi) is 6.45. The van der Waals surface area contributed by atoms with Crippen LogP contribution in [0.25, 0.3) is 5.69 Å². The minimum absolute atomic E-state index is 0.282. The highest BCUT2D eigenvalue weighted by molar-refractivity contribution is 5.43. The van der Waals surface area contributed by atoms with Crippen molar-refractivity contribution in [2.45, 2.75) is 39.3 Å². The van der Waals surface area contributed by atoms with Crippen LogP contribution in [0.5, 0.6) is 11.6 Å². The van der Waals surface area contributed by atoms with E-state index < -0.39 is 0 Å². The van der Waals surface area contributed by atoms with Gasteiger partial charge in [0.2, 0.25) is 5.88 Å². The normalized spacial score (nSPS) is 15.4. The van der Waals surface area contributed by atoms with Crippen molar-refractivity contribution >= 4 is 0 Å². The van der Waals surface area contributed by atoms with E-state index in [4.69, 9.17) is 9.84 Å². The summed E-state index contributed by atoms with van der Waals surface area (Å²) in [6, 6.07) is 16.5. The first kappa shape index (κ1) is 20.6. The van der Waals surface area contributed by atoms with E-state index in [0.717, 1.165) is 49.4 Å². The molecule has 0 amide bonds. The van der Waals surface area contributed by atoms with Crippen LogP contribution in [-0.4, -0.2) is 40.4 Å². The SMILES string of the molecule is CCN1CCC(NCc2c(C)nn(-c3ccccc3)c2Oc2ccc(F)cc2)CC1. The Morgan fingerprint density at radius 1 is 1.07 bits per heavy atom. The number of hydrogen-bond acceptors (Lipinski definition) is 4. The molecule has 0 aliphatic carbocycles. The van der Waals surface area contributed by atoms with Gasteiger partial charge in [0.1, 0.15) is 11.6 Å². The minimum Gasteiger partial charge on any atom is -0.439 e. The van der Waals surface area contributed by atoms with Crippen molar-refractivity contribution in [2.75, 3.05) is 19.6 Å². The standard InChI is InChI=1S/C24H29FN4O/c1-3-28-15-13-20(14-16-28)26-17-23-18(2)27-29(21-7-5-4-6-8-21)24(23)30-22-11-9-19(25)10-12-22/h4-12,20,26H,3,13-17H2,1-2H3. The van der Waals surface area contributed by atoms with Crippen LogP contribution in [0, 0.1) is 12.7 Å². The van der Waals surface area contributed by atoms with Crippen molar-refractivity contribution in [3.05, 3.63) is 71.7 Å². The second-order valence-corrected chi connectivity index (χ2v) is 7.76. The number of para-hydroxylation sites is 1. The topological polar surface area (TPSA) is 42.3 Å². The average molecular weight is 409 g/mol. The lowest BCUT2D eigenvalue weighted by Crippen LogP contribution is -2.42. The lowest BCUT2D eigenvalue weighted by atomic mass is 10.0. The molecular formula is C24H29FN4O. The van der Waals surface area contributed by atoms with Crippen molar-refractivity contribution in [3.63, 3.8) is 0 Å². The molecule has 0 radical (unpaired) electrons. The van der Waals surface area contributed by atoms with Crippen LogP contribution in [0.1, 0.15) is 31.0 Å². The molecule has 0 spiro atoms. The van der Waals surface area contributed by atoms with E-state index in [1.807, 2.05) is 41.9 Å². The van der Waals surface area contributed by atoms with E-state index >= 15 is 0 Å². The molecule has 4 rings (SSSR count). The molecule has 1 N–H and O–H groups in total. The van der Waals surface area contributed by atoms with Crippen molar-refractivity contribution in [2.24, 2.45) is 0 Å². The number of ether oxygens (including phenoxy) is 1. The van der Waals surface area contributed by atoms with Gasteiger partial charge in [-0.1, -0.05) is 25.1 Å². The smallest absolute Gasteiger partial charge is 0.227 e. The van der Waals surface area contributed by atoms with Gasteiger partial charge in [-0.25, -0.2) is 9.07 Å². The van der Waals surface area contributed by atoms with Crippen LogP contribution in [0.4, 0.5) is 4.39 Å². The molecule has 2 heterocycles. The van der Waals surface area contributed by atoms with Crippen LogP contribution in [0.2, 0.25) is 0 Å². The Hall–Kier alpha value is -2.70. The molecule has 2 aromatic carbocycles. The third-order valence-electron chi connectivity index (χ3n) is 5.77. The summed E-state index contributed by atoms with van der Waals surface area (Å²) in [4.78, 5) is 2.49. The Bertz CT molecular complexity index is 947. The molecule has 1 saturated heterocycles. The molecule has 158 valence electrons. The van der Waals surface area contributed by atoms with Crippen LogP contribution in [0.15, 0.2) is 54.6 Å². The minimum atomic E-state index is -0.282. The lowest BCUT2D eigenvalue weighted by Gasteiger charge is -2.31. The first-order chi connectivity index (χ1) is 14.6. The van der Waals surface area contributed by atoms with E-state index in [1.165, 1.54) is 12.1 Å². The highest BCUT2D eigenvalue weighted by atomic mass is 19.1.